The summed E-state index contributed by atoms with van der Waals surface area (Å²) in [5.41, 5.74) is 8.85. The van der Waals surface area contributed by atoms with E-state index < -0.39 is 0 Å². The molecular weight excluding hydrogens is 318 g/mol. The first-order valence-electron chi connectivity index (χ1n) is 6.18. The van der Waals surface area contributed by atoms with Crippen LogP contribution >= 0.6 is 15.9 Å². The van der Waals surface area contributed by atoms with Gasteiger partial charge in [-0.1, -0.05) is 22.0 Å². The lowest BCUT2D eigenvalue weighted by atomic mass is 10.1. The number of aromatic nitrogens is 2. The van der Waals surface area contributed by atoms with Crippen molar-refractivity contribution >= 4 is 33.5 Å². The van der Waals surface area contributed by atoms with Crippen molar-refractivity contribution in [2.45, 2.75) is 6.54 Å². The molecule has 1 aromatic heterocycles. The van der Waals surface area contributed by atoms with E-state index in [1.807, 2.05) is 42.3 Å². The van der Waals surface area contributed by atoms with Gasteiger partial charge >= 0.3 is 0 Å². The third kappa shape index (κ3) is 2.46. The highest BCUT2D eigenvalue weighted by atomic mass is 79.9. The lowest BCUT2D eigenvalue weighted by Gasteiger charge is -2.25. The van der Waals surface area contributed by atoms with Crippen molar-refractivity contribution in [1.29, 1.82) is 0 Å². The van der Waals surface area contributed by atoms with E-state index in [4.69, 9.17) is 5.73 Å². The van der Waals surface area contributed by atoms with E-state index in [0.717, 1.165) is 27.2 Å². The number of anilines is 2. The average Bonchev–Trinajstić information content (AvgIpc) is 2.41. The van der Waals surface area contributed by atoms with Gasteiger partial charge in [0.25, 0.3) is 0 Å². The Kier molecular flexibility index (Phi) is 3.31. The molecular formula is C14H14BrN5. The van der Waals surface area contributed by atoms with E-state index >= 15 is 0 Å². The molecule has 0 saturated carbocycles. The van der Waals surface area contributed by atoms with Gasteiger partial charge in [-0.3, -0.25) is 0 Å². The van der Waals surface area contributed by atoms with Crippen LogP contribution in [0.25, 0.3) is 6.08 Å². The molecule has 6 heteroatoms. The molecule has 5 nitrogen and oxygen atoms in total. The largest absolute Gasteiger partial charge is 0.385 e. The summed E-state index contributed by atoms with van der Waals surface area (Å²) in [6.07, 6.45) is 3.47. The highest BCUT2D eigenvalue weighted by Gasteiger charge is 2.17. The number of fused-ring (bicyclic) bond motifs is 1. The Hall–Kier alpha value is -2.08. The molecule has 0 spiro atoms. The number of halogens is 1. The van der Waals surface area contributed by atoms with E-state index in [1.165, 1.54) is 0 Å². The predicted octanol–water partition coefficient (Wildman–Crippen LogP) is 2.69. The van der Waals surface area contributed by atoms with Gasteiger partial charge in [0.05, 0.1) is 18.1 Å². The van der Waals surface area contributed by atoms with Gasteiger partial charge in [-0.15, -0.1) is 0 Å². The molecule has 2 heterocycles. The standard InChI is InChI=1S/C14H14BrN5/c1-20-7-12-11(6-13(20)16)14(18-8-17-12)19-10-4-2-3-9(15)5-10/h2-6,8H,7,16H2,1H3,(H,17,18,19). The van der Waals surface area contributed by atoms with E-state index in [9.17, 15) is 0 Å². The van der Waals surface area contributed by atoms with Gasteiger partial charge < -0.3 is 16.0 Å². The molecule has 1 aliphatic heterocycles. The number of benzene rings is 1. The summed E-state index contributed by atoms with van der Waals surface area (Å²) in [7, 11) is 1.94. The van der Waals surface area contributed by atoms with Crippen LogP contribution in [-0.2, 0) is 6.54 Å². The number of hydrogen-bond acceptors (Lipinski definition) is 5. The molecule has 3 N–H and O–H groups in total. The summed E-state index contributed by atoms with van der Waals surface area (Å²) >= 11 is 3.46. The summed E-state index contributed by atoms with van der Waals surface area (Å²) in [6.45, 7) is 0.688. The Labute approximate surface area is 125 Å². The molecule has 102 valence electrons. The molecule has 2 aromatic rings. The number of nitrogens with one attached hydrogen (secondary N) is 1. The molecule has 0 amide bonds. The maximum atomic E-state index is 5.98. The van der Waals surface area contributed by atoms with Crippen molar-refractivity contribution in [1.82, 2.24) is 14.9 Å². The van der Waals surface area contributed by atoms with E-state index in [0.29, 0.717) is 12.4 Å². The minimum atomic E-state index is 0.688. The molecule has 1 aliphatic rings. The predicted molar refractivity (Wildman–Crippen MR) is 83.1 cm³/mol. The number of nitrogens with zero attached hydrogens (tertiary/aromatic N) is 3. The fourth-order valence-electron chi connectivity index (χ4n) is 2.09. The van der Waals surface area contributed by atoms with Crippen molar-refractivity contribution in [2.24, 2.45) is 5.73 Å². The minimum absolute atomic E-state index is 0.688. The maximum absolute atomic E-state index is 5.98. The fourth-order valence-corrected chi connectivity index (χ4v) is 2.49. The van der Waals surface area contributed by atoms with Crippen LogP contribution in [0.1, 0.15) is 11.3 Å². The van der Waals surface area contributed by atoms with E-state index in [-0.39, 0.29) is 0 Å². The molecule has 20 heavy (non-hydrogen) atoms. The molecule has 0 saturated heterocycles. The molecule has 0 atom stereocenters. The van der Waals surface area contributed by atoms with Crippen molar-refractivity contribution in [3.05, 3.63) is 52.1 Å². The Morgan fingerprint density at radius 3 is 3.00 bits per heavy atom. The lowest BCUT2D eigenvalue weighted by molar-refractivity contribution is 0.397. The normalized spacial score (nSPS) is 13.7. The Balaban J connectivity index is 1.99. The zero-order valence-corrected chi connectivity index (χ0v) is 12.6. The molecule has 0 fully saturated rings. The first-order valence-corrected chi connectivity index (χ1v) is 6.97. The minimum Gasteiger partial charge on any atom is -0.385 e. The SMILES string of the molecule is CN1Cc2ncnc(Nc3cccc(Br)c3)c2C=C1N. The summed E-state index contributed by atoms with van der Waals surface area (Å²) in [4.78, 5) is 10.6. The van der Waals surface area contributed by atoms with Crippen molar-refractivity contribution in [3.8, 4) is 0 Å². The molecule has 0 bridgehead atoms. The maximum Gasteiger partial charge on any atom is 0.141 e. The first-order chi connectivity index (χ1) is 9.63. The van der Waals surface area contributed by atoms with Crippen LogP contribution in [0.15, 0.2) is 40.9 Å². The van der Waals surface area contributed by atoms with Gasteiger partial charge in [0.2, 0.25) is 0 Å². The second-order valence-corrected chi connectivity index (χ2v) is 5.56. The Bertz CT molecular complexity index is 683. The van der Waals surface area contributed by atoms with E-state index in [2.05, 4.69) is 31.2 Å². The quantitative estimate of drug-likeness (QED) is 0.885. The Morgan fingerprint density at radius 1 is 1.35 bits per heavy atom. The molecule has 0 radical (unpaired) electrons. The smallest absolute Gasteiger partial charge is 0.141 e. The van der Waals surface area contributed by atoms with Gasteiger partial charge in [-0.2, -0.15) is 0 Å². The van der Waals surface area contributed by atoms with Gasteiger partial charge in [0.15, 0.2) is 0 Å². The van der Waals surface area contributed by atoms with Crippen LogP contribution in [0.4, 0.5) is 11.5 Å². The van der Waals surface area contributed by atoms with Gasteiger partial charge in [-0.05, 0) is 24.3 Å². The molecule has 0 aliphatic carbocycles. The highest BCUT2D eigenvalue weighted by molar-refractivity contribution is 9.10. The van der Waals surface area contributed by atoms with Crippen molar-refractivity contribution < 1.29 is 0 Å². The van der Waals surface area contributed by atoms with Crippen LogP contribution in [0.2, 0.25) is 0 Å². The molecule has 3 rings (SSSR count). The van der Waals surface area contributed by atoms with Crippen LogP contribution in [0.5, 0.6) is 0 Å². The second-order valence-electron chi connectivity index (χ2n) is 4.64. The number of hydrogen-bond donors (Lipinski definition) is 2. The van der Waals surface area contributed by atoms with Gasteiger partial charge in [0.1, 0.15) is 12.1 Å². The second kappa shape index (κ2) is 5.13. The highest BCUT2D eigenvalue weighted by Crippen LogP contribution is 2.27. The molecule has 0 unspecified atom stereocenters. The lowest BCUT2D eigenvalue weighted by Crippen LogP contribution is -2.27. The van der Waals surface area contributed by atoms with Gasteiger partial charge in [-0.25, -0.2) is 9.97 Å². The molecule has 1 aromatic carbocycles. The summed E-state index contributed by atoms with van der Waals surface area (Å²) in [5, 5.41) is 3.31. The third-order valence-corrected chi connectivity index (χ3v) is 3.67. The first kappa shape index (κ1) is 12.9. The monoisotopic (exact) mass is 331 g/mol. The van der Waals surface area contributed by atoms with Crippen LogP contribution < -0.4 is 11.1 Å². The van der Waals surface area contributed by atoms with E-state index in [1.54, 1.807) is 6.33 Å². The topological polar surface area (TPSA) is 67.1 Å². The van der Waals surface area contributed by atoms with Crippen molar-refractivity contribution in [2.75, 3.05) is 12.4 Å². The Morgan fingerprint density at radius 2 is 2.20 bits per heavy atom. The number of rotatable bonds is 2. The van der Waals surface area contributed by atoms with Crippen LogP contribution in [-0.4, -0.2) is 21.9 Å². The zero-order chi connectivity index (χ0) is 14.1. The van der Waals surface area contributed by atoms with Crippen molar-refractivity contribution in [3.63, 3.8) is 0 Å². The summed E-state index contributed by atoms with van der Waals surface area (Å²) in [5.74, 6) is 1.48. The third-order valence-electron chi connectivity index (χ3n) is 3.17. The van der Waals surface area contributed by atoms with Crippen LogP contribution in [0, 0.1) is 0 Å². The average molecular weight is 332 g/mol. The van der Waals surface area contributed by atoms with Crippen LogP contribution in [0.3, 0.4) is 0 Å². The van der Waals surface area contributed by atoms with Gasteiger partial charge in [0, 0.05) is 22.8 Å². The fraction of sp³-hybridized carbons (Fsp3) is 0.143. The summed E-state index contributed by atoms with van der Waals surface area (Å²) in [6, 6.07) is 7.93. The number of nitrogens with two attached hydrogens (primary N) is 1. The zero-order valence-electron chi connectivity index (χ0n) is 11.0. The summed E-state index contributed by atoms with van der Waals surface area (Å²) < 4.78 is 1.01.